The van der Waals surface area contributed by atoms with Gasteiger partial charge in [0, 0.05) is 6.61 Å². The van der Waals surface area contributed by atoms with Crippen LogP contribution in [0.4, 0.5) is 0 Å². The molecule has 0 amide bonds. The summed E-state index contributed by atoms with van der Waals surface area (Å²) in [5.41, 5.74) is 0. The molecule has 0 aromatic carbocycles. The minimum absolute atomic E-state index is 0.112. The summed E-state index contributed by atoms with van der Waals surface area (Å²) in [4.78, 5) is 0. The van der Waals surface area contributed by atoms with Gasteiger partial charge in [-0.05, 0) is 12.3 Å². The van der Waals surface area contributed by atoms with Gasteiger partial charge in [-0.3, -0.25) is 0 Å². The quantitative estimate of drug-likeness (QED) is 0.193. The smallest absolute Gasteiger partial charge is 0.115 e. The van der Waals surface area contributed by atoms with Gasteiger partial charge in [0.1, 0.15) is 36.6 Å². The lowest BCUT2D eigenvalue weighted by Gasteiger charge is -2.21. The zero-order valence-electron chi connectivity index (χ0n) is 19.7. The Hall–Kier alpha value is -0.280. The van der Waals surface area contributed by atoms with Crippen molar-refractivity contribution < 1.29 is 35.0 Å². The molecule has 1 aliphatic carbocycles. The lowest BCUT2D eigenvalue weighted by molar-refractivity contribution is -0.113. The first kappa shape index (κ1) is 28.8. The number of rotatable bonds is 19. The zero-order chi connectivity index (χ0) is 23.1. The third-order valence-electron chi connectivity index (χ3n) is 6.30. The van der Waals surface area contributed by atoms with Crippen LogP contribution >= 0.6 is 0 Å². The lowest BCUT2D eigenvalue weighted by atomic mass is 9.96. The highest BCUT2D eigenvalue weighted by Gasteiger charge is 2.49. The Morgan fingerprint density at radius 1 is 0.677 bits per heavy atom. The molecule has 1 aliphatic rings. The summed E-state index contributed by atoms with van der Waals surface area (Å²) < 4.78 is 10.7. The molecule has 0 radical (unpaired) electrons. The van der Waals surface area contributed by atoms with Crippen molar-refractivity contribution in [2.75, 3.05) is 19.8 Å². The van der Waals surface area contributed by atoms with Crippen LogP contribution in [0.15, 0.2) is 0 Å². The van der Waals surface area contributed by atoms with Crippen molar-refractivity contribution in [2.24, 2.45) is 5.92 Å². The Bertz CT molecular complexity index is 409. The predicted molar refractivity (Wildman–Crippen MR) is 121 cm³/mol. The molecule has 1 fully saturated rings. The van der Waals surface area contributed by atoms with E-state index in [-0.39, 0.29) is 13.2 Å². The molecule has 7 atom stereocenters. The van der Waals surface area contributed by atoms with E-state index in [2.05, 4.69) is 13.8 Å². The molecule has 0 saturated heterocycles. The second kappa shape index (κ2) is 17.2. The molecular formula is C24H48O7. The average molecular weight is 449 g/mol. The van der Waals surface area contributed by atoms with Gasteiger partial charge in [0.05, 0.1) is 13.2 Å². The first-order valence-electron chi connectivity index (χ1n) is 12.5. The highest BCUT2D eigenvalue weighted by Crippen LogP contribution is 2.24. The minimum atomic E-state index is -1.45. The second-order valence-electron chi connectivity index (χ2n) is 9.35. The van der Waals surface area contributed by atoms with Crippen molar-refractivity contribution in [2.45, 2.75) is 128 Å². The summed E-state index contributed by atoms with van der Waals surface area (Å²) in [5, 5.41) is 48.4. The maximum Gasteiger partial charge on any atom is 0.115 e. The molecule has 7 heteroatoms. The van der Waals surface area contributed by atoms with Crippen LogP contribution in [0.3, 0.4) is 0 Å². The van der Waals surface area contributed by atoms with Crippen LogP contribution in [-0.2, 0) is 9.47 Å². The Balaban J connectivity index is 1.89. The lowest BCUT2D eigenvalue weighted by Crippen LogP contribution is -2.38. The van der Waals surface area contributed by atoms with Gasteiger partial charge in [-0.25, -0.2) is 0 Å². The molecule has 1 rings (SSSR count). The van der Waals surface area contributed by atoms with E-state index >= 15 is 0 Å². The molecule has 7 nitrogen and oxygen atoms in total. The van der Waals surface area contributed by atoms with Crippen molar-refractivity contribution in [3.05, 3.63) is 0 Å². The third kappa shape index (κ3) is 11.9. The number of ether oxygens (including phenoxy) is 2. The van der Waals surface area contributed by atoms with E-state index in [9.17, 15) is 25.5 Å². The predicted octanol–water partition coefficient (Wildman–Crippen LogP) is 2.54. The molecule has 0 aromatic rings. The van der Waals surface area contributed by atoms with Crippen molar-refractivity contribution in [1.29, 1.82) is 0 Å². The number of unbranched alkanes of at least 4 members (excludes halogenated alkanes) is 8. The van der Waals surface area contributed by atoms with Crippen molar-refractivity contribution in [3.63, 3.8) is 0 Å². The molecule has 5 unspecified atom stereocenters. The number of aliphatic hydroxyl groups is 5. The number of aliphatic hydroxyl groups excluding tert-OH is 5. The van der Waals surface area contributed by atoms with Crippen LogP contribution in [0.2, 0.25) is 0 Å². The SMILES string of the molecule is CCCCCC(C)CCCCCCCCCOC[C@H](O)COC1C(O)C(O)[C@@H](O)C1O. The van der Waals surface area contributed by atoms with E-state index in [1.165, 1.54) is 64.2 Å². The summed E-state index contributed by atoms with van der Waals surface area (Å²) >= 11 is 0. The Morgan fingerprint density at radius 2 is 1.19 bits per heavy atom. The van der Waals surface area contributed by atoms with Crippen LogP contribution in [0, 0.1) is 5.92 Å². The summed E-state index contributed by atoms with van der Waals surface area (Å²) in [7, 11) is 0. The van der Waals surface area contributed by atoms with Gasteiger partial charge in [-0.1, -0.05) is 84.5 Å². The van der Waals surface area contributed by atoms with E-state index in [4.69, 9.17) is 9.47 Å². The molecule has 5 N–H and O–H groups in total. The average Bonchev–Trinajstić information content (AvgIpc) is 2.93. The fraction of sp³-hybridized carbons (Fsp3) is 1.00. The topological polar surface area (TPSA) is 120 Å². The molecular weight excluding hydrogens is 400 g/mol. The van der Waals surface area contributed by atoms with Gasteiger partial charge < -0.3 is 35.0 Å². The highest BCUT2D eigenvalue weighted by atomic mass is 16.5. The molecule has 0 bridgehead atoms. The monoisotopic (exact) mass is 448 g/mol. The second-order valence-corrected chi connectivity index (χ2v) is 9.35. The molecule has 0 aliphatic heterocycles. The van der Waals surface area contributed by atoms with Gasteiger partial charge in [0.15, 0.2) is 0 Å². The summed E-state index contributed by atoms with van der Waals surface area (Å²) in [6.45, 7) is 5.19. The van der Waals surface area contributed by atoms with Crippen molar-refractivity contribution in [1.82, 2.24) is 0 Å². The van der Waals surface area contributed by atoms with E-state index in [1.807, 2.05) is 0 Å². The maximum atomic E-state index is 9.90. The molecule has 1 saturated carbocycles. The van der Waals surface area contributed by atoms with E-state index in [0.717, 1.165) is 18.8 Å². The summed E-state index contributed by atoms with van der Waals surface area (Å²) in [6, 6.07) is 0. The Morgan fingerprint density at radius 3 is 1.77 bits per heavy atom. The molecule has 186 valence electrons. The Kier molecular flexibility index (Phi) is 16.0. The maximum absolute atomic E-state index is 9.90. The molecule has 31 heavy (non-hydrogen) atoms. The van der Waals surface area contributed by atoms with Gasteiger partial charge in [0.25, 0.3) is 0 Å². The molecule has 0 heterocycles. The third-order valence-corrected chi connectivity index (χ3v) is 6.30. The van der Waals surface area contributed by atoms with Gasteiger partial charge >= 0.3 is 0 Å². The zero-order valence-corrected chi connectivity index (χ0v) is 19.7. The van der Waals surface area contributed by atoms with E-state index < -0.39 is 36.6 Å². The van der Waals surface area contributed by atoms with Crippen LogP contribution in [0.5, 0.6) is 0 Å². The fourth-order valence-corrected chi connectivity index (χ4v) is 4.15. The highest BCUT2D eigenvalue weighted by molar-refractivity contribution is 4.99. The van der Waals surface area contributed by atoms with Crippen LogP contribution < -0.4 is 0 Å². The molecule has 0 aromatic heterocycles. The number of hydrogen-bond acceptors (Lipinski definition) is 7. The summed E-state index contributed by atoms with van der Waals surface area (Å²) in [5.74, 6) is 0.871. The van der Waals surface area contributed by atoms with Gasteiger partial charge in [-0.2, -0.15) is 0 Å². The summed E-state index contributed by atoms with van der Waals surface area (Å²) in [6.07, 6.45) is 7.67. The number of hydrogen-bond donors (Lipinski definition) is 5. The Labute approximate surface area is 188 Å². The van der Waals surface area contributed by atoms with Crippen molar-refractivity contribution in [3.8, 4) is 0 Å². The largest absolute Gasteiger partial charge is 0.388 e. The van der Waals surface area contributed by atoms with Crippen LogP contribution in [-0.4, -0.2) is 82.0 Å². The fourth-order valence-electron chi connectivity index (χ4n) is 4.15. The van der Waals surface area contributed by atoms with Crippen LogP contribution in [0.1, 0.15) is 90.9 Å². The minimum Gasteiger partial charge on any atom is -0.388 e. The standard InChI is InChI=1S/C24H48O7/c1-3-4-10-13-18(2)14-11-8-6-5-7-9-12-15-30-16-19(25)17-31-24-22(28)20(26)21(27)23(24)29/h18-29H,3-17H2,1-2H3/t18?,19-,20+,21?,22?,23?,24?/m0/s1. The normalized spacial score (nSPS) is 28.2. The first-order valence-corrected chi connectivity index (χ1v) is 12.5. The van der Waals surface area contributed by atoms with Gasteiger partial charge in [-0.15, -0.1) is 0 Å². The first-order chi connectivity index (χ1) is 14.9. The molecule has 0 spiro atoms. The van der Waals surface area contributed by atoms with Gasteiger partial charge in [0.2, 0.25) is 0 Å². The van der Waals surface area contributed by atoms with Crippen molar-refractivity contribution >= 4 is 0 Å². The van der Waals surface area contributed by atoms with Crippen LogP contribution in [0.25, 0.3) is 0 Å². The van der Waals surface area contributed by atoms with E-state index in [0.29, 0.717) is 6.61 Å². The van der Waals surface area contributed by atoms with E-state index in [1.54, 1.807) is 0 Å².